The number of anilines is 1. The fourth-order valence-electron chi connectivity index (χ4n) is 1.40. The molecule has 0 aromatic heterocycles. The molecule has 0 aliphatic carbocycles. The molecular weight excluding hydrogens is 238 g/mol. The summed E-state index contributed by atoms with van der Waals surface area (Å²) in [5.41, 5.74) is 3.74. The van der Waals surface area contributed by atoms with Gasteiger partial charge in [-0.2, -0.15) is 0 Å². The van der Waals surface area contributed by atoms with Crippen LogP contribution >= 0.6 is 11.6 Å². The van der Waals surface area contributed by atoms with Gasteiger partial charge in [0.2, 0.25) is 0 Å². The maximum absolute atomic E-state index is 8.67. The van der Waals surface area contributed by atoms with Gasteiger partial charge in [-0.25, -0.2) is 0 Å². The molecule has 2 rings (SSSR count). The quantitative estimate of drug-likeness (QED) is 0.812. The zero-order chi connectivity index (χ0) is 12.1. The van der Waals surface area contributed by atoms with Crippen LogP contribution in [0.4, 0.5) is 5.69 Å². The lowest BCUT2D eigenvalue weighted by Gasteiger charge is -2.07. The molecule has 0 aliphatic heterocycles. The van der Waals surface area contributed by atoms with E-state index in [0.29, 0.717) is 17.3 Å². The van der Waals surface area contributed by atoms with E-state index in [0.717, 1.165) is 11.3 Å². The van der Waals surface area contributed by atoms with Gasteiger partial charge in [0, 0.05) is 5.02 Å². The Morgan fingerprint density at radius 3 is 2.53 bits per heavy atom. The topological polar surface area (TPSA) is 41.5 Å². The highest BCUT2D eigenvalue weighted by atomic mass is 35.5. The van der Waals surface area contributed by atoms with Crippen LogP contribution in [0.5, 0.6) is 5.75 Å². The highest BCUT2D eigenvalue weighted by Crippen LogP contribution is 2.18. The number of nitrogens with one attached hydrogen (secondary N) is 1. The predicted molar refractivity (Wildman–Crippen MR) is 67.6 cm³/mol. The third-order valence-electron chi connectivity index (χ3n) is 2.28. The van der Waals surface area contributed by atoms with Gasteiger partial charge in [-0.3, -0.25) is 10.7 Å². The van der Waals surface area contributed by atoms with E-state index in [1.54, 1.807) is 24.3 Å². The molecule has 0 radical (unpaired) electrons. The van der Waals surface area contributed by atoms with Crippen molar-refractivity contribution in [3.8, 4) is 5.75 Å². The SMILES string of the molecule is ONc1ccc(COc2cccc(Cl)c2)cc1. The Morgan fingerprint density at radius 1 is 1.12 bits per heavy atom. The molecule has 0 heterocycles. The van der Waals surface area contributed by atoms with E-state index in [4.69, 9.17) is 21.5 Å². The standard InChI is InChI=1S/C13H12ClNO2/c14-11-2-1-3-13(8-11)17-9-10-4-6-12(15-16)7-5-10/h1-8,15-16H,9H2. The minimum Gasteiger partial charge on any atom is -0.489 e. The van der Waals surface area contributed by atoms with E-state index in [9.17, 15) is 0 Å². The molecule has 0 aliphatic rings. The fourth-order valence-corrected chi connectivity index (χ4v) is 1.58. The first-order valence-corrected chi connectivity index (χ1v) is 5.53. The summed E-state index contributed by atoms with van der Waals surface area (Å²) in [7, 11) is 0. The molecule has 2 aromatic carbocycles. The van der Waals surface area contributed by atoms with Crippen LogP contribution < -0.4 is 10.2 Å². The van der Waals surface area contributed by atoms with Gasteiger partial charge in [-0.05, 0) is 35.9 Å². The molecule has 0 bridgehead atoms. The highest BCUT2D eigenvalue weighted by molar-refractivity contribution is 6.30. The van der Waals surface area contributed by atoms with Crippen molar-refractivity contribution < 1.29 is 9.94 Å². The first-order valence-electron chi connectivity index (χ1n) is 5.15. The van der Waals surface area contributed by atoms with Crippen LogP contribution in [0.2, 0.25) is 5.02 Å². The molecule has 0 atom stereocenters. The molecule has 0 saturated carbocycles. The molecule has 17 heavy (non-hydrogen) atoms. The lowest BCUT2D eigenvalue weighted by molar-refractivity contribution is 0.306. The van der Waals surface area contributed by atoms with Crippen molar-refractivity contribution in [3.63, 3.8) is 0 Å². The lowest BCUT2D eigenvalue weighted by atomic mass is 10.2. The monoisotopic (exact) mass is 249 g/mol. The van der Waals surface area contributed by atoms with Crippen LogP contribution in [-0.2, 0) is 6.61 Å². The normalized spacial score (nSPS) is 10.0. The minimum absolute atomic E-state index is 0.464. The molecule has 3 nitrogen and oxygen atoms in total. The van der Waals surface area contributed by atoms with Crippen molar-refractivity contribution in [2.75, 3.05) is 5.48 Å². The van der Waals surface area contributed by atoms with Crippen LogP contribution in [-0.4, -0.2) is 5.21 Å². The first-order chi connectivity index (χ1) is 8.28. The van der Waals surface area contributed by atoms with Crippen LogP contribution in [0.25, 0.3) is 0 Å². The molecule has 0 spiro atoms. The van der Waals surface area contributed by atoms with Gasteiger partial charge < -0.3 is 4.74 Å². The van der Waals surface area contributed by atoms with E-state index in [-0.39, 0.29) is 0 Å². The second-order valence-corrected chi connectivity index (χ2v) is 3.99. The number of benzene rings is 2. The maximum Gasteiger partial charge on any atom is 0.121 e. The summed E-state index contributed by atoms with van der Waals surface area (Å²) >= 11 is 5.85. The second-order valence-electron chi connectivity index (χ2n) is 3.55. The Bertz CT molecular complexity index is 485. The largest absolute Gasteiger partial charge is 0.489 e. The molecule has 0 saturated heterocycles. The van der Waals surface area contributed by atoms with Crippen LogP contribution in [0, 0.1) is 0 Å². The van der Waals surface area contributed by atoms with E-state index < -0.39 is 0 Å². The molecule has 0 amide bonds. The summed E-state index contributed by atoms with van der Waals surface area (Å²) in [6, 6.07) is 14.6. The van der Waals surface area contributed by atoms with Gasteiger partial charge in [-0.1, -0.05) is 29.8 Å². The Hall–Kier alpha value is -1.71. The van der Waals surface area contributed by atoms with Gasteiger partial charge in [0.05, 0.1) is 5.69 Å². The number of halogens is 1. The summed E-state index contributed by atoms with van der Waals surface area (Å²) in [4.78, 5) is 0. The summed E-state index contributed by atoms with van der Waals surface area (Å²) in [6.45, 7) is 0.464. The third kappa shape index (κ3) is 3.37. The lowest BCUT2D eigenvalue weighted by Crippen LogP contribution is -1.96. The zero-order valence-corrected chi connectivity index (χ0v) is 9.82. The van der Waals surface area contributed by atoms with Crippen LogP contribution in [0.3, 0.4) is 0 Å². The molecule has 4 heteroatoms. The van der Waals surface area contributed by atoms with Crippen molar-refractivity contribution in [1.82, 2.24) is 0 Å². The smallest absolute Gasteiger partial charge is 0.121 e. The average molecular weight is 250 g/mol. The van der Waals surface area contributed by atoms with E-state index in [1.165, 1.54) is 0 Å². The molecule has 0 unspecified atom stereocenters. The predicted octanol–water partition coefficient (Wildman–Crippen LogP) is 3.72. The van der Waals surface area contributed by atoms with Crippen molar-refractivity contribution >= 4 is 17.3 Å². The molecule has 2 aromatic rings. The van der Waals surface area contributed by atoms with E-state index in [2.05, 4.69) is 5.48 Å². The zero-order valence-electron chi connectivity index (χ0n) is 9.06. The third-order valence-corrected chi connectivity index (χ3v) is 2.52. The summed E-state index contributed by atoms with van der Waals surface area (Å²) in [5, 5.41) is 9.33. The Balaban J connectivity index is 1.97. The van der Waals surface area contributed by atoms with Gasteiger partial charge in [0.1, 0.15) is 12.4 Å². The fraction of sp³-hybridized carbons (Fsp3) is 0.0769. The molecular formula is C13H12ClNO2. The van der Waals surface area contributed by atoms with Gasteiger partial charge in [0.25, 0.3) is 0 Å². The number of rotatable bonds is 4. The van der Waals surface area contributed by atoms with Crippen LogP contribution in [0.15, 0.2) is 48.5 Å². The number of hydrogen-bond acceptors (Lipinski definition) is 3. The van der Waals surface area contributed by atoms with Crippen LogP contribution in [0.1, 0.15) is 5.56 Å². The summed E-state index contributed by atoms with van der Waals surface area (Å²) in [5.74, 6) is 0.738. The second kappa shape index (κ2) is 5.57. The number of ether oxygens (including phenoxy) is 1. The Kier molecular flexibility index (Phi) is 3.85. The molecule has 2 N–H and O–H groups in total. The van der Waals surface area contributed by atoms with E-state index >= 15 is 0 Å². The van der Waals surface area contributed by atoms with E-state index in [1.807, 2.05) is 24.3 Å². The van der Waals surface area contributed by atoms with Gasteiger partial charge in [0.15, 0.2) is 0 Å². The highest BCUT2D eigenvalue weighted by Gasteiger charge is 1.97. The van der Waals surface area contributed by atoms with Gasteiger partial charge in [-0.15, -0.1) is 0 Å². The Labute approximate surface area is 105 Å². The number of hydrogen-bond donors (Lipinski definition) is 2. The summed E-state index contributed by atoms with van der Waals surface area (Å²) < 4.78 is 5.58. The van der Waals surface area contributed by atoms with Crippen molar-refractivity contribution in [1.29, 1.82) is 0 Å². The summed E-state index contributed by atoms with van der Waals surface area (Å²) in [6.07, 6.45) is 0. The van der Waals surface area contributed by atoms with Crippen molar-refractivity contribution in [2.24, 2.45) is 0 Å². The maximum atomic E-state index is 8.67. The minimum atomic E-state index is 0.464. The van der Waals surface area contributed by atoms with Crippen molar-refractivity contribution in [3.05, 3.63) is 59.1 Å². The average Bonchev–Trinajstić information content (AvgIpc) is 2.37. The Morgan fingerprint density at radius 2 is 1.88 bits per heavy atom. The van der Waals surface area contributed by atoms with Gasteiger partial charge >= 0.3 is 0 Å². The van der Waals surface area contributed by atoms with Crippen molar-refractivity contribution in [2.45, 2.75) is 6.61 Å². The molecule has 88 valence electrons. The first kappa shape index (κ1) is 11.8. The molecule has 0 fully saturated rings.